The van der Waals surface area contributed by atoms with Crippen molar-refractivity contribution >= 4 is 44.0 Å². The lowest BCUT2D eigenvalue weighted by Crippen LogP contribution is -2.19. The fraction of sp³-hybridized carbons (Fsp3) is 0.400. The number of anilines is 2. The number of fused-ring (bicyclic) bond motifs is 1. The molecular weight excluding hydrogens is 500 g/mol. The molecule has 1 aromatic carbocycles. The van der Waals surface area contributed by atoms with Crippen molar-refractivity contribution in [2.45, 2.75) is 51.2 Å². The highest BCUT2D eigenvalue weighted by atomic mass is 35.5. The number of benzene rings is 1. The molecule has 1 atom stereocenters. The third kappa shape index (κ3) is 4.38. The van der Waals surface area contributed by atoms with E-state index in [-0.39, 0.29) is 16.3 Å². The van der Waals surface area contributed by atoms with Crippen LogP contribution in [0.4, 0.5) is 11.4 Å². The summed E-state index contributed by atoms with van der Waals surface area (Å²) in [5, 5.41) is 8.12. The largest absolute Gasteiger partial charge is 0.358 e. The van der Waals surface area contributed by atoms with Gasteiger partial charge in [0.1, 0.15) is 22.7 Å². The minimum absolute atomic E-state index is 0.154. The zero-order chi connectivity index (χ0) is 25.8. The first kappa shape index (κ1) is 24.7. The summed E-state index contributed by atoms with van der Waals surface area (Å²) in [6.45, 7) is 6.56. The van der Waals surface area contributed by atoms with Crippen LogP contribution in [0.25, 0.3) is 22.4 Å². The molecule has 190 valence electrons. The van der Waals surface area contributed by atoms with Crippen LogP contribution >= 0.6 is 11.6 Å². The van der Waals surface area contributed by atoms with Gasteiger partial charge in [0, 0.05) is 37.2 Å². The number of rotatable bonds is 5. The minimum atomic E-state index is -3.58. The lowest BCUT2D eigenvalue weighted by molar-refractivity contribution is -0.0309. The molecule has 9 nitrogen and oxygen atoms in total. The third-order valence-corrected chi connectivity index (χ3v) is 8.12. The monoisotopic (exact) mass is 528 g/mol. The number of hydrogen-bond donors (Lipinski definition) is 1. The summed E-state index contributed by atoms with van der Waals surface area (Å²) in [6, 6.07) is 6.94. The van der Waals surface area contributed by atoms with Crippen molar-refractivity contribution in [3.05, 3.63) is 46.5 Å². The summed E-state index contributed by atoms with van der Waals surface area (Å²) >= 11 is 6.42. The molecule has 0 amide bonds. The lowest BCUT2D eigenvalue weighted by atomic mass is 10.1. The van der Waals surface area contributed by atoms with E-state index >= 15 is 0 Å². The first-order valence-corrected chi connectivity index (χ1v) is 14.1. The number of aryl methyl sites for hydroxylation is 2. The summed E-state index contributed by atoms with van der Waals surface area (Å²) in [5.41, 5.74) is 5.72. The third-order valence-electron chi connectivity index (χ3n) is 6.79. The second kappa shape index (κ2) is 9.17. The SMILES string of the molecule is Cc1c(-c2ccc(Nc3cc(Cl)nc4c3nc(C)n4C3CCCCO3)c(S(C)(=O)=O)c2)nn(C)c1C. The number of nitrogens with one attached hydrogen (secondary N) is 1. The molecule has 1 saturated heterocycles. The van der Waals surface area contributed by atoms with Gasteiger partial charge in [0.15, 0.2) is 15.5 Å². The molecule has 1 unspecified atom stereocenters. The second-order valence-corrected chi connectivity index (χ2v) is 11.7. The highest BCUT2D eigenvalue weighted by Gasteiger charge is 2.24. The molecule has 0 aliphatic carbocycles. The fourth-order valence-corrected chi connectivity index (χ4v) is 5.77. The summed E-state index contributed by atoms with van der Waals surface area (Å²) < 4.78 is 35.4. The Morgan fingerprint density at radius 1 is 1.11 bits per heavy atom. The van der Waals surface area contributed by atoms with Crippen LogP contribution in [0.15, 0.2) is 29.2 Å². The standard InChI is InChI=1S/C25H29ClN6O3S/c1-14-15(2)31(4)30-23(14)17-9-10-18(20(12-17)36(5,33)34)28-19-13-21(26)29-25-24(19)27-16(3)32(25)22-8-6-7-11-35-22/h9-10,12-13,22H,6-8,11H2,1-5H3,(H,28,29). The predicted octanol–water partition coefficient (Wildman–Crippen LogP) is 5.26. The summed E-state index contributed by atoms with van der Waals surface area (Å²) in [7, 11) is -1.70. The Morgan fingerprint density at radius 3 is 2.53 bits per heavy atom. The molecule has 1 N–H and O–H groups in total. The molecule has 0 saturated carbocycles. The lowest BCUT2D eigenvalue weighted by Gasteiger charge is -2.25. The van der Waals surface area contributed by atoms with Crippen LogP contribution in [0.2, 0.25) is 5.15 Å². The number of imidazole rings is 1. The van der Waals surface area contributed by atoms with Gasteiger partial charge in [-0.1, -0.05) is 17.7 Å². The quantitative estimate of drug-likeness (QED) is 0.352. The van der Waals surface area contributed by atoms with Crippen molar-refractivity contribution in [3.8, 4) is 11.3 Å². The number of ether oxygens (including phenoxy) is 1. The zero-order valence-corrected chi connectivity index (χ0v) is 22.5. The van der Waals surface area contributed by atoms with Crippen LogP contribution in [-0.4, -0.2) is 45.6 Å². The number of nitrogens with zero attached hydrogens (tertiary/aromatic N) is 5. The number of pyridine rings is 1. The predicted molar refractivity (Wildman–Crippen MR) is 141 cm³/mol. The molecule has 1 fully saturated rings. The number of halogens is 1. The molecule has 4 heterocycles. The van der Waals surface area contributed by atoms with E-state index in [1.165, 1.54) is 6.26 Å². The van der Waals surface area contributed by atoms with Crippen molar-refractivity contribution in [2.75, 3.05) is 18.2 Å². The van der Waals surface area contributed by atoms with E-state index in [9.17, 15) is 8.42 Å². The summed E-state index contributed by atoms with van der Waals surface area (Å²) in [4.78, 5) is 9.44. The van der Waals surface area contributed by atoms with Crippen molar-refractivity contribution in [3.63, 3.8) is 0 Å². The Labute approximate surface area is 215 Å². The van der Waals surface area contributed by atoms with Gasteiger partial charge < -0.3 is 10.1 Å². The van der Waals surface area contributed by atoms with Gasteiger partial charge in [0.2, 0.25) is 0 Å². The van der Waals surface area contributed by atoms with E-state index < -0.39 is 9.84 Å². The molecule has 36 heavy (non-hydrogen) atoms. The molecule has 1 aliphatic heterocycles. The van der Waals surface area contributed by atoms with Crippen LogP contribution in [0, 0.1) is 20.8 Å². The molecule has 4 aromatic rings. The molecule has 3 aromatic heterocycles. The summed E-state index contributed by atoms with van der Waals surface area (Å²) in [6.07, 6.45) is 4.01. The van der Waals surface area contributed by atoms with Crippen LogP contribution in [0.3, 0.4) is 0 Å². The van der Waals surface area contributed by atoms with Crippen molar-refractivity contribution in [1.29, 1.82) is 0 Å². The van der Waals surface area contributed by atoms with E-state index in [0.717, 1.165) is 47.6 Å². The van der Waals surface area contributed by atoms with E-state index in [2.05, 4.69) is 15.4 Å². The van der Waals surface area contributed by atoms with Crippen LogP contribution in [-0.2, 0) is 21.6 Å². The Morgan fingerprint density at radius 2 is 1.89 bits per heavy atom. The van der Waals surface area contributed by atoms with Crippen LogP contribution < -0.4 is 5.32 Å². The van der Waals surface area contributed by atoms with Crippen LogP contribution in [0.5, 0.6) is 0 Å². The normalized spacial score (nSPS) is 16.6. The topological polar surface area (TPSA) is 104 Å². The van der Waals surface area contributed by atoms with E-state index in [1.54, 1.807) is 22.9 Å². The number of sulfone groups is 1. The van der Waals surface area contributed by atoms with Gasteiger partial charge in [-0.25, -0.2) is 18.4 Å². The number of hydrogen-bond acceptors (Lipinski definition) is 7. The smallest absolute Gasteiger partial charge is 0.177 e. The van der Waals surface area contributed by atoms with Gasteiger partial charge in [0.05, 0.1) is 22.0 Å². The molecule has 0 radical (unpaired) electrons. The van der Waals surface area contributed by atoms with Gasteiger partial charge in [-0.2, -0.15) is 5.10 Å². The van der Waals surface area contributed by atoms with Crippen molar-refractivity contribution < 1.29 is 13.2 Å². The second-order valence-electron chi connectivity index (χ2n) is 9.31. The average molecular weight is 529 g/mol. The Hall–Kier alpha value is -2.95. The molecule has 11 heteroatoms. The maximum absolute atomic E-state index is 12.8. The molecule has 0 spiro atoms. The molecular formula is C25H29ClN6O3S. The van der Waals surface area contributed by atoms with Gasteiger partial charge in [-0.05, 0) is 57.7 Å². The highest BCUT2D eigenvalue weighted by molar-refractivity contribution is 7.90. The number of aromatic nitrogens is 5. The van der Waals surface area contributed by atoms with E-state index in [4.69, 9.17) is 21.3 Å². The van der Waals surface area contributed by atoms with Crippen molar-refractivity contribution in [2.24, 2.45) is 7.05 Å². The minimum Gasteiger partial charge on any atom is -0.358 e. The van der Waals surface area contributed by atoms with E-state index in [1.807, 2.05) is 38.5 Å². The van der Waals surface area contributed by atoms with Gasteiger partial charge in [0.25, 0.3) is 0 Å². The van der Waals surface area contributed by atoms with E-state index in [0.29, 0.717) is 29.1 Å². The highest BCUT2D eigenvalue weighted by Crippen LogP contribution is 2.36. The Bertz CT molecular complexity index is 1590. The van der Waals surface area contributed by atoms with Crippen LogP contribution in [0.1, 0.15) is 42.6 Å². The first-order valence-electron chi connectivity index (χ1n) is 11.8. The molecule has 5 rings (SSSR count). The fourth-order valence-electron chi connectivity index (χ4n) is 4.72. The zero-order valence-electron chi connectivity index (χ0n) is 21.0. The Balaban J connectivity index is 1.61. The maximum atomic E-state index is 12.8. The first-order chi connectivity index (χ1) is 17.0. The summed E-state index contributed by atoms with van der Waals surface area (Å²) in [5.74, 6) is 0.759. The van der Waals surface area contributed by atoms with Crippen molar-refractivity contribution in [1.82, 2.24) is 24.3 Å². The maximum Gasteiger partial charge on any atom is 0.177 e. The Kier molecular flexibility index (Phi) is 6.30. The van der Waals surface area contributed by atoms with Gasteiger partial charge in [-0.3, -0.25) is 9.25 Å². The average Bonchev–Trinajstić information content (AvgIpc) is 3.29. The molecule has 0 bridgehead atoms. The molecule has 1 aliphatic rings. The van der Waals surface area contributed by atoms with Gasteiger partial charge in [-0.15, -0.1) is 0 Å². The van der Waals surface area contributed by atoms with Gasteiger partial charge >= 0.3 is 0 Å².